The van der Waals surface area contributed by atoms with Gasteiger partial charge >= 0.3 is 5.97 Å². The average molecular weight is 333 g/mol. The molecule has 0 unspecified atom stereocenters. The zero-order valence-electron chi connectivity index (χ0n) is 14.3. The van der Waals surface area contributed by atoms with Crippen LogP contribution in [0.2, 0.25) is 0 Å². The molecule has 0 bridgehead atoms. The fraction of sp³-hybridized carbons (Fsp3) is 0.368. The summed E-state index contributed by atoms with van der Waals surface area (Å²) < 4.78 is 32.1. The number of hydrogen-bond acceptors (Lipinski definition) is 3. The first-order chi connectivity index (χ1) is 11.3. The molecule has 0 amide bonds. The van der Waals surface area contributed by atoms with Gasteiger partial charge in [-0.3, -0.25) is 4.98 Å². The van der Waals surface area contributed by atoms with Crippen molar-refractivity contribution in [1.29, 1.82) is 0 Å². The summed E-state index contributed by atoms with van der Waals surface area (Å²) in [6.45, 7) is 7.79. The summed E-state index contributed by atoms with van der Waals surface area (Å²) in [5, 5.41) is 0. The third kappa shape index (κ3) is 4.16. The van der Waals surface area contributed by atoms with Crippen molar-refractivity contribution in [2.24, 2.45) is 5.92 Å². The van der Waals surface area contributed by atoms with E-state index in [9.17, 15) is 13.6 Å². The van der Waals surface area contributed by atoms with Gasteiger partial charge in [0, 0.05) is 11.6 Å². The summed E-state index contributed by atoms with van der Waals surface area (Å²) >= 11 is 0. The van der Waals surface area contributed by atoms with Gasteiger partial charge in [-0.05, 0) is 49.9 Å². The number of aromatic nitrogens is 1. The number of pyridine rings is 1. The molecule has 0 saturated heterocycles. The highest BCUT2D eigenvalue weighted by Crippen LogP contribution is 2.26. The van der Waals surface area contributed by atoms with E-state index >= 15 is 0 Å². The second-order valence-corrected chi connectivity index (χ2v) is 6.10. The number of ether oxygens (including phenoxy) is 1. The molecule has 0 aliphatic rings. The lowest BCUT2D eigenvalue weighted by Crippen LogP contribution is -2.13. The van der Waals surface area contributed by atoms with Crippen molar-refractivity contribution in [3.63, 3.8) is 0 Å². The molecule has 24 heavy (non-hydrogen) atoms. The van der Waals surface area contributed by atoms with Gasteiger partial charge in [-0.2, -0.15) is 0 Å². The standard InChI is InChI=1S/C19H21F2NO2/c1-5-24-19(23)18-12(4)22-17(9-14(18)6-11(2)3)13-7-15(20)10-16(21)8-13/h7-11H,5-6H2,1-4H3. The van der Waals surface area contributed by atoms with Gasteiger partial charge in [0.25, 0.3) is 0 Å². The van der Waals surface area contributed by atoms with E-state index in [2.05, 4.69) is 4.98 Å². The van der Waals surface area contributed by atoms with Gasteiger partial charge in [-0.1, -0.05) is 13.8 Å². The van der Waals surface area contributed by atoms with Crippen molar-refractivity contribution in [2.75, 3.05) is 6.61 Å². The predicted octanol–water partition coefficient (Wildman–Crippen LogP) is 4.71. The predicted molar refractivity (Wildman–Crippen MR) is 88.8 cm³/mol. The summed E-state index contributed by atoms with van der Waals surface area (Å²) in [4.78, 5) is 16.6. The van der Waals surface area contributed by atoms with Crippen LogP contribution in [0.15, 0.2) is 24.3 Å². The Morgan fingerprint density at radius 3 is 2.33 bits per heavy atom. The molecule has 0 aliphatic carbocycles. The van der Waals surface area contributed by atoms with Crippen molar-refractivity contribution in [2.45, 2.75) is 34.1 Å². The average Bonchev–Trinajstić information content (AvgIpc) is 2.45. The highest BCUT2D eigenvalue weighted by Gasteiger charge is 2.19. The summed E-state index contributed by atoms with van der Waals surface area (Å²) in [6, 6.07) is 4.99. The van der Waals surface area contributed by atoms with Crippen molar-refractivity contribution in [3.05, 3.63) is 52.7 Å². The Hall–Kier alpha value is -2.30. The molecule has 1 aromatic carbocycles. The van der Waals surface area contributed by atoms with Crippen LogP contribution in [-0.2, 0) is 11.2 Å². The lowest BCUT2D eigenvalue weighted by Gasteiger charge is -2.15. The SMILES string of the molecule is CCOC(=O)c1c(CC(C)C)cc(-c2cc(F)cc(F)c2)nc1C. The van der Waals surface area contributed by atoms with Crippen LogP contribution in [0.25, 0.3) is 11.3 Å². The maximum absolute atomic E-state index is 13.5. The molecule has 1 heterocycles. The zero-order valence-corrected chi connectivity index (χ0v) is 14.3. The van der Waals surface area contributed by atoms with Gasteiger partial charge in [0.15, 0.2) is 0 Å². The van der Waals surface area contributed by atoms with Crippen LogP contribution >= 0.6 is 0 Å². The van der Waals surface area contributed by atoms with Gasteiger partial charge in [-0.15, -0.1) is 0 Å². The van der Waals surface area contributed by atoms with Crippen LogP contribution in [0.5, 0.6) is 0 Å². The summed E-state index contributed by atoms with van der Waals surface area (Å²) in [7, 11) is 0. The van der Waals surface area contributed by atoms with E-state index in [0.29, 0.717) is 34.9 Å². The van der Waals surface area contributed by atoms with Crippen LogP contribution in [-0.4, -0.2) is 17.6 Å². The number of aryl methyl sites for hydroxylation is 1. The molecule has 0 spiro atoms. The molecule has 3 nitrogen and oxygen atoms in total. The summed E-state index contributed by atoms with van der Waals surface area (Å²) in [5.41, 5.74) is 2.48. The first-order valence-electron chi connectivity index (χ1n) is 7.96. The van der Waals surface area contributed by atoms with Crippen LogP contribution in [0.3, 0.4) is 0 Å². The number of nitrogens with zero attached hydrogens (tertiary/aromatic N) is 1. The minimum atomic E-state index is -0.663. The molecular weight excluding hydrogens is 312 g/mol. The largest absolute Gasteiger partial charge is 0.462 e. The smallest absolute Gasteiger partial charge is 0.340 e. The van der Waals surface area contributed by atoms with E-state index < -0.39 is 17.6 Å². The molecule has 0 atom stereocenters. The Balaban J connectivity index is 2.59. The Morgan fingerprint density at radius 2 is 1.79 bits per heavy atom. The van der Waals surface area contributed by atoms with Crippen molar-refractivity contribution in [3.8, 4) is 11.3 Å². The lowest BCUT2D eigenvalue weighted by molar-refractivity contribution is 0.0523. The molecule has 0 N–H and O–H groups in total. The van der Waals surface area contributed by atoms with Gasteiger partial charge in [0.05, 0.1) is 23.6 Å². The highest BCUT2D eigenvalue weighted by atomic mass is 19.1. The Kier molecular flexibility index (Phi) is 5.65. The van der Waals surface area contributed by atoms with E-state index in [0.717, 1.165) is 11.6 Å². The maximum Gasteiger partial charge on any atom is 0.340 e. The fourth-order valence-electron chi connectivity index (χ4n) is 2.67. The van der Waals surface area contributed by atoms with Crippen LogP contribution in [0.1, 0.15) is 42.4 Å². The third-order valence-electron chi connectivity index (χ3n) is 3.55. The van der Waals surface area contributed by atoms with E-state index in [1.807, 2.05) is 13.8 Å². The second kappa shape index (κ2) is 7.51. The topological polar surface area (TPSA) is 39.2 Å². The number of rotatable bonds is 5. The van der Waals surface area contributed by atoms with E-state index in [1.54, 1.807) is 19.9 Å². The number of benzene rings is 1. The molecule has 5 heteroatoms. The number of halogens is 2. The number of esters is 1. The molecular formula is C19H21F2NO2. The van der Waals surface area contributed by atoms with Gasteiger partial charge in [0.2, 0.25) is 0 Å². The van der Waals surface area contributed by atoms with E-state index in [1.165, 1.54) is 12.1 Å². The molecule has 128 valence electrons. The maximum atomic E-state index is 13.5. The normalized spacial score (nSPS) is 11.0. The van der Waals surface area contributed by atoms with Gasteiger partial charge in [0.1, 0.15) is 11.6 Å². The first-order valence-corrected chi connectivity index (χ1v) is 7.96. The molecule has 2 aromatic rings. The lowest BCUT2D eigenvalue weighted by atomic mass is 9.95. The summed E-state index contributed by atoms with van der Waals surface area (Å²) in [6.07, 6.45) is 0.641. The molecule has 2 rings (SSSR count). The van der Waals surface area contributed by atoms with Crippen molar-refractivity contribution < 1.29 is 18.3 Å². The van der Waals surface area contributed by atoms with Gasteiger partial charge < -0.3 is 4.74 Å². The second-order valence-electron chi connectivity index (χ2n) is 6.10. The minimum absolute atomic E-state index is 0.274. The molecule has 0 saturated carbocycles. The molecule has 0 fully saturated rings. The Morgan fingerprint density at radius 1 is 1.17 bits per heavy atom. The highest BCUT2D eigenvalue weighted by molar-refractivity contribution is 5.92. The van der Waals surface area contributed by atoms with Gasteiger partial charge in [-0.25, -0.2) is 13.6 Å². The zero-order chi connectivity index (χ0) is 17.9. The molecule has 0 aliphatic heterocycles. The molecule has 0 radical (unpaired) electrons. The van der Waals surface area contributed by atoms with E-state index in [4.69, 9.17) is 4.74 Å². The fourth-order valence-corrected chi connectivity index (χ4v) is 2.67. The quantitative estimate of drug-likeness (QED) is 0.744. The summed E-state index contributed by atoms with van der Waals surface area (Å²) in [5.74, 6) is -1.44. The van der Waals surface area contributed by atoms with Crippen LogP contribution in [0.4, 0.5) is 8.78 Å². The molecule has 1 aromatic heterocycles. The van der Waals surface area contributed by atoms with Crippen molar-refractivity contribution in [1.82, 2.24) is 4.98 Å². The Bertz CT molecular complexity index is 737. The first kappa shape index (κ1) is 18.0. The Labute approximate surface area is 140 Å². The monoisotopic (exact) mass is 333 g/mol. The number of hydrogen-bond donors (Lipinski definition) is 0. The van der Waals surface area contributed by atoms with E-state index in [-0.39, 0.29) is 6.61 Å². The van der Waals surface area contributed by atoms with Crippen molar-refractivity contribution >= 4 is 5.97 Å². The minimum Gasteiger partial charge on any atom is -0.462 e. The van der Waals surface area contributed by atoms with Crippen LogP contribution in [0, 0.1) is 24.5 Å². The number of carbonyl (C=O) groups is 1. The van der Waals surface area contributed by atoms with Crippen LogP contribution < -0.4 is 0 Å². The number of carbonyl (C=O) groups excluding carboxylic acids is 1. The third-order valence-corrected chi connectivity index (χ3v) is 3.55.